The molecule has 1 amide bonds. The van der Waals surface area contributed by atoms with Crippen molar-refractivity contribution in [1.29, 1.82) is 0 Å². The van der Waals surface area contributed by atoms with Crippen molar-refractivity contribution in [3.63, 3.8) is 0 Å². The van der Waals surface area contributed by atoms with E-state index in [1.807, 2.05) is 6.92 Å². The molecule has 0 aromatic carbocycles. The number of unbranched alkanes of at least 4 members (excludes halogenated alkanes) is 2. The summed E-state index contributed by atoms with van der Waals surface area (Å²) in [5.41, 5.74) is 0. The predicted molar refractivity (Wildman–Crippen MR) is 60.2 cm³/mol. The Bertz CT molecular complexity index is 137. The minimum atomic E-state index is 0.182. The van der Waals surface area contributed by atoms with E-state index in [0.29, 0.717) is 11.7 Å². The summed E-state index contributed by atoms with van der Waals surface area (Å²) in [7, 11) is 0. The lowest BCUT2D eigenvalue weighted by Gasteiger charge is -2.03. The van der Waals surface area contributed by atoms with E-state index in [0.717, 1.165) is 25.8 Å². The van der Waals surface area contributed by atoms with Gasteiger partial charge in [-0.25, -0.2) is 0 Å². The second kappa shape index (κ2) is 8.42. The highest BCUT2D eigenvalue weighted by Crippen LogP contribution is 2.08. The first kappa shape index (κ1) is 12.8. The third-order valence-electron chi connectivity index (χ3n) is 1.90. The summed E-state index contributed by atoms with van der Waals surface area (Å²) in [4.78, 5) is 11.0. The number of carbonyl (C=O) groups excluding carboxylic acids is 1. The van der Waals surface area contributed by atoms with Crippen LogP contribution in [0.3, 0.4) is 0 Å². The molecule has 1 N–H and O–H groups in total. The molecule has 0 aliphatic heterocycles. The van der Waals surface area contributed by atoms with Crippen LogP contribution >= 0.6 is 12.6 Å². The minimum absolute atomic E-state index is 0.182. The zero-order valence-corrected chi connectivity index (χ0v) is 9.57. The van der Waals surface area contributed by atoms with E-state index in [-0.39, 0.29) is 5.91 Å². The zero-order chi connectivity index (χ0) is 10.1. The van der Waals surface area contributed by atoms with Crippen molar-refractivity contribution in [2.75, 3.05) is 6.54 Å². The molecular formula is C10H21NOS. The zero-order valence-electron chi connectivity index (χ0n) is 8.68. The summed E-state index contributed by atoms with van der Waals surface area (Å²) in [6, 6.07) is 0. The van der Waals surface area contributed by atoms with Crippen molar-refractivity contribution in [1.82, 2.24) is 5.32 Å². The quantitative estimate of drug-likeness (QED) is 0.483. The Kier molecular flexibility index (Phi) is 8.30. The molecule has 0 aromatic heterocycles. The van der Waals surface area contributed by atoms with Crippen molar-refractivity contribution in [3.05, 3.63) is 0 Å². The van der Waals surface area contributed by atoms with Crippen LogP contribution in [0.2, 0.25) is 0 Å². The molecule has 0 bridgehead atoms. The van der Waals surface area contributed by atoms with Crippen molar-refractivity contribution in [2.45, 2.75) is 51.2 Å². The molecule has 0 rings (SSSR count). The Morgan fingerprint density at radius 1 is 1.38 bits per heavy atom. The average molecular weight is 203 g/mol. The van der Waals surface area contributed by atoms with Gasteiger partial charge in [0.25, 0.3) is 0 Å². The maximum Gasteiger partial charge on any atom is 0.219 e. The lowest BCUT2D eigenvalue weighted by molar-refractivity contribution is -0.121. The normalized spacial score (nSPS) is 12.5. The monoisotopic (exact) mass is 203 g/mol. The van der Waals surface area contributed by atoms with E-state index in [9.17, 15) is 4.79 Å². The smallest absolute Gasteiger partial charge is 0.219 e. The molecule has 0 saturated carbocycles. The van der Waals surface area contributed by atoms with Crippen LogP contribution in [0.15, 0.2) is 0 Å². The van der Waals surface area contributed by atoms with Crippen LogP contribution in [-0.4, -0.2) is 17.7 Å². The molecule has 0 aliphatic rings. The highest BCUT2D eigenvalue weighted by Gasteiger charge is 1.99. The van der Waals surface area contributed by atoms with Gasteiger partial charge in [0.1, 0.15) is 0 Å². The molecule has 0 aromatic rings. The molecule has 0 aliphatic carbocycles. The Balaban J connectivity index is 3.11. The Morgan fingerprint density at radius 3 is 2.62 bits per heavy atom. The summed E-state index contributed by atoms with van der Waals surface area (Å²) >= 11 is 4.30. The largest absolute Gasteiger partial charge is 0.356 e. The molecular weight excluding hydrogens is 182 g/mol. The number of carbonyl (C=O) groups is 1. The van der Waals surface area contributed by atoms with E-state index in [2.05, 4.69) is 24.9 Å². The molecule has 0 saturated heterocycles. The maximum atomic E-state index is 11.0. The van der Waals surface area contributed by atoms with Gasteiger partial charge < -0.3 is 5.32 Å². The van der Waals surface area contributed by atoms with Crippen LogP contribution in [0.1, 0.15) is 46.0 Å². The minimum Gasteiger partial charge on any atom is -0.356 e. The number of hydrogen-bond donors (Lipinski definition) is 2. The molecule has 1 unspecified atom stereocenters. The van der Waals surface area contributed by atoms with Crippen molar-refractivity contribution >= 4 is 18.5 Å². The molecule has 1 atom stereocenters. The van der Waals surface area contributed by atoms with Gasteiger partial charge in [-0.15, -0.1) is 0 Å². The first-order valence-corrected chi connectivity index (χ1v) is 5.63. The van der Waals surface area contributed by atoms with Gasteiger partial charge in [0.05, 0.1) is 0 Å². The van der Waals surface area contributed by atoms with E-state index in [1.54, 1.807) is 0 Å². The first-order valence-electron chi connectivity index (χ1n) is 5.11. The third kappa shape index (κ3) is 9.74. The predicted octanol–water partition coefficient (Wildman–Crippen LogP) is 2.39. The highest BCUT2D eigenvalue weighted by atomic mass is 32.1. The van der Waals surface area contributed by atoms with Gasteiger partial charge in [0.15, 0.2) is 0 Å². The number of rotatable bonds is 7. The lowest BCUT2D eigenvalue weighted by atomic mass is 10.1. The molecule has 0 radical (unpaired) electrons. The van der Waals surface area contributed by atoms with Crippen LogP contribution in [0.5, 0.6) is 0 Å². The topological polar surface area (TPSA) is 29.1 Å². The molecule has 0 spiro atoms. The van der Waals surface area contributed by atoms with Crippen LogP contribution in [0.25, 0.3) is 0 Å². The fourth-order valence-corrected chi connectivity index (χ4v) is 1.37. The van der Waals surface area contributed by atoms with E-state index in [1.165, 1.54) is 6.42 Å². The maximum absolute atomic E-state index is 11.0. The lowest BCUT2D eigenvalue weighted by Crippen LogP contribution is -2.21. The van der Waals surface area contributed by atoms with Gasteiger partial charge in [-0.3, -0.25) is 4.79 Å². The fraction of sp³-hybridized carbons (Fsp3) is 0.900. The molecule has 13 heavy (non-hydrogen) atoms. The second-order valence-electron chi connectivity index (χ2n) is 3.40. The average Bonchev–Trinajstić information content (AvgIpc) is 2.03. The van der Waals surface area contributed by atoms with Crippen LogP contribution in [-0.2, 0) is 4.79 Å². The summed E-state index contributed by atoms with van der Waals surface area (Å²) in [6.07, 6.45) is 5.16. The summed E-state index contributed by atoms with van der Waals surface area (Å²) < 4.78 is 0. The van der Waals surface area contributed by atoms with Gasteiger partial charge in [-0.1, -0.05) is 19.8 Å². The second-order valence-corrected chi connectivity index (χ2v) is 4.28. The summed E-state index contributed by atoms with van der Waals surface area (Å²) in [5, 5.41) is 3.28. The Labute approximate surface area is 86.9 Å². The van der Waals surface area contributed by atoms with Gasteiger partial charge in [0, 0.05) is 13.0 Å². The van der Waals surface area contributed by atoms with E-state index >= 15 is 0 Å². The van der Waals surface area contributed by atoms with Gasteiger partial charge >= 0.3 is 0 Å². The van der Waals surface area contributed by atoms with Crippen LogP contribution in [0.4, 0.5) is 0 Å². The van der Waals surface area contributed by atoms with Crippen molar-refractivity contribution in [3.8, 4) is 0 Å². The van der Waals surface area contributed by atoms with Crippen molar-refractivity contribution < 1.29 is 4.79 Å². The Hall–Kier alpha value is -0.180. The SMILES string of the molecule is CCNC(=O)CCCCCC(C)S. The summed E-state index contributed by atoms with van der Waals surface area (Å²) in [6.45, 7) is 4.79. The van der Waals surface area contributed by atoms with E-state index in [4.69, 9.17) is 0 Å². The Morgan fingerprint density at radius 2 is 2.08 bits per heavy atom. The molecule has 0 heterocycles. The van der Waals surface area contributed by atoms with Crippen LogP contribution < -0.4 is 5.32 Å². The fourth-order valence-electron chi connectivity index (χ4n) is 1.19. The molecule has 3 heteroatoms. The van der Waals surface area contributed by atoms with Crippen molar-refractivity contribution in [2.24, 2.45) is 0 Å². The molecule has 78 valence electrons. The number of nitrogens with one attached hydrogen (secondary N) is 1. The van der Waals surface area contributed by atoms with Gasteiger partial charge in [-0.2, -0.15) is 12.6 Å². The highest BCUT2D eigenvalue weighted by molar-refractivity contribution is 7.80. The number of thiol groups is 1. The third-order valence-corrected chi connectivity index (χ3v) is 2.16. The van der Waals surface area contributed by atoms with E-state index < -0.39 is 0 Å². The van der Waals surface area contributed by atoms with Crippen LogP contribution in [0, 0.1) is 0 Å². The standard InChI is InChI=1S/C10H21NOS/c1-3-11-10(12)8-6-4-5-7-9(2)13/h9,13H,3-8H2,1-2H3,(H,11,12). The van der Waals surface area contributed by atoms with Gasteiger partial charge in [0.2, 0.25) is 5.91 Å². The first-order chi connectivity index (χ1) is 6.16. The number of hydrogen-bond acceptors (Lipinski definition) is 2. The van der Waals surface area contributed by atoms with Gasteiger partial charge in [-0.05, 0) is 25.0 Å². The molecule has 0 fully saturated rings. The summed E-state index contributed by atoms with van der Waals surface area (Å²) in [5.74, 6) is 0.182. The number of amides is 1. The molecule has 2 nitrogen and oxygen atoms in total.